The molecule has 1 atom stereocenters. The topological polar surface area (TPSA) is 52.6 Å². The monoisotopic (exact) mass is 288 g/mol. The van der Waals surface area contributed by atoms with Gasteiger partial charge in [0.2, 0.25) is 0 Å². The minimum absolute atomic E-state index is 0.111. The zero-order valence-electron chi connectivity index (χ0n) is 10.7. The number of hydrogen-bond donors (Lipinski definition) is 2. The van der Waals surface area contributed by atoms with Crippen molar-refractivity contribution in [3.05, 3.63) is 29.8 Å². The Bertz CT molecular complexity index is 473. The Labute approximate surface area is 114 Å². The van der Waals surface area contributed by atoms with E-state index in [-0.39, 0.29) is 12.6 Å². The quantitative estimate of drug-likeness (QED) is 0.879. The lowest BCUT2D eigenvalue weighted by Gasteiger charge is -2.23. The van der Waals surface area contributed by atoms with E-state index >= 15 is 0 Å². The highest BCUT2D eigenvalue weighted by molar-refractivity contribution is 5.89. The van der Waals surface area contributed by atoms with Gasteiger partial charge < -0.3 is 15.3 Å². The molecule has 2 amide bonds. The molecule has 1 heterocycles. The molecule has 2 rings (SSSR count). The first-order valence-electron chi connectivity index (χ1n) is 6.27. The number of carbonyl (C=O) groups excluding carboxylic acids is 1. The molecule has 1 aromatic carbocycles. The van der Waals surface area contributed by atoms with E-state index in [1.807, 2.05) is 0 Å². The summed E-state index contributed by atoms with van der Waals surface area (Å²) in [5.41, 5.74) is -0.462. The average molecular weight is 288 g/mol. The maximum atomic E-state index is 12.4. The number of carbonyl (C=O) groups is 1. The molecular formula is C13H15F3N2O2. The molecule has 0 bridgehead atoms. The molecule has 1 aromatic rings. The van der Waals surface area contributed by atoms with Crippen LogP contribution in [0.25, 0.3) is 0 Å². The van der Waals surface area contributed by atoms with E-state index in [0.29, 0.717) is 12.2 Å². The van der Waals surface area contributed by atoms with Crippen molar-refractivity contribution < 1.29 is 23.1 Å². The molecule has 0 saturated carbocycles. The predicted molar refractivity (Wildman–Crippen MR) is 67.3 cm³/mol. The minimum Gasteiger partial charge on any atom is -0.394 e. The molecule has 20 heavy (non-hydrogen) atoms. The molecule has 7 heteroatoms. The summed E-state index contributed by atoms with van der Waals surface area (Å²) in [7, 11) is 0. The van der Waals surface area contributed by atoms with Gasteiger partial charge in [0.1, 0.15) is 0 Å². The highest BCUT2D eigenvalue weighted by Crippen LogP contribution is 2.30. The van der Waals surface area contributed by atoms with Gasteiger partial charge in [0.15, 0.2) is 0 Å². The van der Waals surface area contributed by atoms with Crippen molar-refractivity contribution in [3.63, 3.8) is 0 Å². The Kier molecular flexibility index (Phi) is 4.17. The van der Waals surface area contributed by atoms with Crippen LogP contribution >= 0.6 is 0 Å². The van der Waals surface area contributed by atoms with Gasteiger partial charge in [-0.2, -0.15) is 13.2 Å². The fourth-order valence-electron chi connectivity index (χ4n) is 2.23. The summed E-state index contributed by atoms with van der Waals surface area (Å²) >= 11 is 0. The van der Waals surface area contributed by atoms with Crippen LogP contribution in [0.1, 0.15) is 18.4 Å². The molecule has 0 radical (unpaired) electrons. The second-order valence-electron chi connectivity index (χ2n) is 4.68. The molecule has 0 spiro atoms. The summed E-state index contributed by atoms with van der Waals surface area (Å²) in [6, 6.07) is 3.65. The number of aliphatic hydroxyl groups excluding tert-OH is 1. The lowest BCUT2D eigenvalue weighted by atomic mass is 10.2. The number of hydrogen-bond acceptors (Lipinski definition) is 2. The molecule has 1 aliphatic rings. The van der Waals surface area contributed by atoms with Crippen LogP contribution in [0, 0.1) is 0 Å². The molecule has 4 nitrogen and oxygen atoms in total. The van der Waals surface area contributed by atoms with Crippen molar-refractivity contribution in [3.8, 4) is 0 Å². The summed E-state index contributed by atoms with van der Waals surface area (Å²) in [4.78, 5) is 13.4. The number of nitrogens with zero attached hydrogens (tertiary/aromatic N) is 1. The first kappa shape index (κ1) is 14.6. The fourth-order valence-corrected chi connectivity index (χ4v) is 2.23. The van der Waals surface area contributed by atoms with Gasteiger partial charge >= 0.3 is 12.2 Å². The van der Waals surface area contributed by atoms with Crippen LogP contribution in [0.5, 0.6) is 0 Å². The molecular weight excluding hydrogens is 273 g/mol. The van der Waals surface area contributed by atoms with Gasteiger partial charge in [0, 0.05) is 12.2 Å². The van der Waals surface area contributed by atoms with E-state index in [1.54, 1.807) is 0 Å². The molecule has 1 unspecified atom stereocenters. The molecule has 110 valence electrons. The average Bonchev–Trinajstić information content (AvgIpc) is 2.86. The van der Waals surface area contributed by atoms with Crippen LogP contribution in [0.2, 0.25) is 0 Å². The molecule has 0 aromatic heterocycles. The summed E-state index contributed by atoms with van der Waals surface area (Å²) in [5.74, 6) is 0. The van der Waals surface area contributed by atoms with Crippen LogP contribution in [0.15, 0.2) is 24.3 Å². The Morgan fingerprint density at radius 2 is 2.00 bits per heavy atom. The van der Waals surface area contributed by atoms with Crippen molar-refractivity contribution in [2.75, 3.05) is 18.5 Å². The molecule has 0 aliphatic carbocycles. The Hall–Kier alpha value is -1.76. The highest BCUT2D eigenvalue weighted by Gasteiger charge is 2.30. The van der Waals surface area contributed by atoms with E-state index < -0.39 is 17.8 Å². The zero-order valence-corrected chi connectivity index (χ0v) is 10.7. The number of rotatable bonds is 2. The number of alkyl halides is 3. The Morgan fingerprint density at radius 1 is 1.35 bits per heavy atom. The third kappa shape index (κ3) is 3.22. The smallest absolute Gasteiger partial charge is 0.394 e. The van der Waals surface area contributed by atoms with Crippen molar-refractivity contribution in [1.82, 2.24) is 4.90 Å². The first-order valence-corrected chi connectivity index (χ1v) is 6.27. The van der Waals surface area contributed by atoms with Crippen LogP contribution in [0.3, 0.4) is 0 Å². The SMILES string of the molecule is O=C(Nc1ccc(C(F)(F)F)cc1)N1CCCC1CO. The van der Waals surface area contributed by atoms with Gasteiger partial charge in [-0.3, -0.25) is 0 Å². The van der Waals surface area contributed by atoms with Gasteiger partial charge in [-0.25, -0.2) is 4.79 Å². The van der Waals surface area contributed by atoms with Crippen LogP contribution < -0.4 is 5.32 Å². The third-order valence-corrected chi connectivity index (χ3v) is 3.31. The van der Waals surface area contributed by atoms with Crippen LogP contribution in [-0.2, 0) is 6.18 Å². The maximum absolute atomic E-state index is 12.4. The Morgan fingerprint density at radius 3 is 2.55 bits per heavy atom. The second kappa shape index (κ2) is 5.70. The normalized spacial score (nSPS) is 19.2. The van der Waals surface area contributed by atoms with E-state index in [2.05, 4.69) is 5.32 Å². The third-order valence-electron chi connectivity index (χ3n) is 3.31. The maximum Gasteiger partial charge on any atom is 0.416 e. The standard InChI is InChI=1S/C13H15F3N2O2/c14-13(15,16)9-3-5-10(6-4-9)17-12(20)18-7-1-2-11(18)8-19/h3-6,11,19H,1-2,7-8H2,(H,17,20). The van der Waals surface area contributed by atoms with Crippen molar-refractivity contribution >= 4 is 11.7 Å². The zero-order chi connectivity index (χ0) is 14.8. The lowest BCUT2D eigenvalue weighted by molar-refractivity contribution is -0.137. The summed E-state index contributed by atoms with van der Waals surface area (Å²) in [5, 5.41) is 11.7. The van der Waals surface area contributed by atoms with Crippen LogP contribution in [0.4, 0.5) is 23.7 Å². The number of anilines is 1. The number of urea groups is 1. The molecule has 1 fully saturated rings. The van der Waals surface area contributed by atoms with E-state index in [1.165, 1.54) is 17.0 Å². The largest absolute Gasteiger partial charge is 0.416 e. The van der Waals surface area contributed by atoms with Gasteiger partial charge in [0.25, 0.3) is 0 Å². The van der Waals surface area contributed by atoms with Gasteiger partial charge in [-0.05, 0) is 37.1 Å². The first-order chi connectivity index (χ1) is 9.41. The highest BCUT2D eigenvalue weighted by atomic mass is 19.4. The number of halogens is 3. The summed E-state index contributed by atoms with van der Waals surface area (Å²) < 4.78 is 37.2. The number of nitrogens with one attached hydrogen (secondary N) is 1. The lowest BCUT2D eigenvalue weighted by Crippen LogP contribution is -2.40. The summed E-state index contributed by atoms with van der Waals surface area (Å²) in [6.07, 6.45) is -2.85. The van der Waals surface area contributed by atoms with E-state index in [4.69, 9.17) is 5.11 Å². The van der Waals surface area contributed by atoms with E-state index in [9.17, 15) is 18.0 Å². The number of benzene rings is 1. The van der Waals surface area contributed by atoms with Gasteiger partial charge in [-0.1, -0.05) is 0 Å². The van der Waals surface area contributed by atoms with Gasteiger partial charge in [-0.15, -0.1) is 0 Å². The van der Waals surface area contributed by atoms with Gasteiger partial charge in [0.05, 0.1) is 18.2 Å². The minimum atomic E-state index is -4.39. The number of aliphatic hydroxyl groups is 1. The summed E-state index contributed by atoms with van der Waals surface area (Å²) in [6.45, 7) is 0.429. The van der Waals surface area contributed by atoms with Crippen molar-refractivity contribution in [2.45, 2.75) is 25.1 Å². The molecule has 1 saturated heterocycles. The van der Waals surface area contributed by atoms with Crippen molar-refractivity contribution in [2.24, 2.45) is 0 Å². The predicted octanol–water partition coefficient (Wildman–Crippen LogP) is 2.69. The second-order valence-corrected chi connectivity index (χ2v) is 4.68. The van der Waals surface area contributed by atoms with Crippen LogP contribution in [-0.4, -0.2) is 35.2 Å². The molecule has 2 N–H and O–H groups in total. The number of likely N-dealkylation sites (tertiary alicyclic amines) is 1. The number of amides is 2. The fraction of sp³-hybridized carbons (Fsp3) is 0.462. The Balaban J connectivity index is 2.01. The molecule has 1 aliphatic heterocycles. The van der Waals surface area contributed by atoms with E-state index in [0.717, 1.165) is 25.0 Å². The van der Waals surface area contributed by atoms with Crippen molar-refractivity contribution in [1.29, 1.82) is 0 Å².